The van der Waals surface area contributed by atoms with Crippen LogP contribution < -0.4 is 0 Å². The second-order valence-electron chi connectivity index (χ2n) is 3.50. The van der Waals surface area contributed by atoms with Crippen molar-refractivity contribution in [2.24, 2.45) is 0 Å². The maximum absolute atomic E-state index is 12.9. The Morgan fingerprint density at radius 3 is 2.11 bits per heavy atom. The van der Waals surface area contributed by atoms with Gasteiger partial charge >= 0.3 is 5.97 Å². The van der Waals surface area contributed by atoms with Crippen molar-refractivity contribution in [3.8, 4) is 0 Å². The van der Waals surface area contributed by atoms with Crippen molar-refractivity contribution < 1.29 is 32.3 Å². The number of esters is 1. The van der Waals surface area contributed by atoms with Gasteiger partial charge in [-0.1, -0.05) is 0 Å². The fourth-order valence-corrected chi connectivity index (χ4v) is 1.25. The van der Waals surface area contributed by atoms with Crippen LogP contribution in [-0.4, -0.2) is 24.1 Å². The van der Waals surface area contributed by atoms with E-state index in [2.05, 4.69) is 4.74 Å². The molecule has 0 fully saturated rings. The summed E-state index contributed by atoms with van der Waals surface area (Å²) in [6.45, 7) is 1.43. The minimum absolute atomic E-state index is 0.0431. The van der Waals surface area contributed by atoms with Gasteiger partial charge in [-0.05, 0) is 19.1 Å². The number of benzene rings is 1. The fraction of sp³-hybridized carbons (Fsp3) is 0.250. The van der Waals surface area contributed by atoms with Crippen LogP contribution in [0.25, 0.3) is 0 Å². The Bertz CT molecular complexity index is 517. The summed E-state index contributed by atoms with van der Waals surface area (Å²) in [6, 6.07) is 0.915. The van der Waals surface area contributed by atoms with E-state index in [-0.39, 0.29) is 6.61 Å². The first kappa shape index (κ1) is 14.9. The van der Waals surface area contributed by atoms with Crippen LogP contribution in [0.5, 0.6) is 0 Å². The van der Waals surface area contributed by atoms with Crippen molar-refractivity contribution >= 4 is 17.5 Å². The third-order valence-corrected chi connectivity index (χ3v) is 2.13. The molecule has 0 radical (unpaired) electrons. The van der Waals surface area contributed by atoms with Crippen LogP contribution in [0.1, 0.15) is 23.7 Å². The highest BCUT2D eigenvalue weighted by Crippen LogP contribution is 2.15. The number of hydrogen-bond acceptors (Lipinski definition) is 4. The lowest BCUT2D eigenvalue weighted by atomic mass is 10.1. The number of rotatable bonds is 5. The molecule has 1 aromatic rings. The largest absolute Gasteiger partial charge is 0.460 e. The van der Waals surface area contributed by atoms with Crippen LogP contribution in [0.2, 0.25) is 0 Å². The molecule has 0 aliphatic carbocycles. The van der Waals surface area contributed by atoms with Crippen LogP contribution in [0, 0.1) is 17.5 Å². The minimum atomic E-state index is -1.71. The summed E-state index contributed by atoms with van der Waals surface area (Å²) < 4.78 is 42.8. The summed E-state index contributed by atoms with van der Waals surface area (Å²) in [5, 5.41) is 0. The Labute approximate surface area is 106 Å². The quantitative estimate of drug-likeness (QED) is 0.270. The highest BCUT2D eigenvalue weighted by Gasteiger charge is 2.22. The van der Waals surface area contributed by atoms with Gasteiger partial charge in [0, 0.05) is 5.56 Å². The topological polar surface area (TPSA) is 60.4 Å². The summed E-state index contributed by atoms with van der Waals surface area (Å²) in [4.78, 5) is 33.7. The van der Waals surface area contributed by atoms with E-state index in [1.165, 1.54) is 6.92 Å². The monoisotopic (exact) mass is 274 g/mol. The molecular weight excluding hydrogens is 265 g/mol. The Morgan fingerprint density at radius 1 is 1.11 bits per heavy atom. The predicted molar refractivity (Wildman–Crippen MR) is 56.9 cm³/mol. The Hall–Kier alpha value is -2.18. The van der Waals surface area contributed by atoms with Gasteiger partial charge in [-0.25, -0.2) is 18.0 Å². The normalized spacial score (nSPS) is 10.1. The summed E-state index contributed by atoms with van der Waals surface area (Å²) in [7, 11) is 0. The van der Waals surface area contributed by atoms with E-state index < -0.39 is 47.0 Å². The van der Waals surface area contributed by atoms with Gasteiger partial charge in [0.2, 0.25) is 5.78 Å². The van der Waals surface area contributed by atoms with Gasteiger partial charge in [0.25, 0.3) is 0 Å². The van der Waals surface area contributed by atoms with E-state index in [1.54, 1.807) is 0 Å². The molecule has 0 atom stereocenters. The molecule has 0 amide bonds. The third kappa shape index (κ3) is 3.64. The first-order chi connectivity index (χ1) is 8.86. The summed E-state index contributed by atoms with van der Waals surface area (Å²) >= 11 is 0. The molecule has 19 heavy (non-hydrogen) atoms. The van der Waals surface area contributed by atoms with E-state index >= 15 is 0 Å². The molecule has 0 aliphatic rings. The Balaban J connectivity index is 2.85. The van der Waals surface area contributed by atoms with Crippen molar-refractivity contribution in [2.75, 3.05) is 6.61 Å². The van der Waals surface area contributed by atoms with Crippen molar-refractivity contribution in [3.63, 3.8) is 0 Å². The first-order valence-corrected chi connectivity index (χ1v) is 5.24. The van der Waals surface area contributed by atoms with Gasteiger partial charge in [0.15, 0.2) is 23.2 Å². The molecular formula is C12H9F3O4. The second kappa shape index (κ2) is 6.12. The summed E-state index contributed by atoms with van der Waals surface area (Å²) in [6.07, 6.45) is -0.899. The van der Waals surface area contributed by atoms with Crippen LogP contribution in [0.4, 0.5) is 13.2 Å². The molecule has 0 saturated carbocycles. The van der Waals surface area contributed by atoms with E-state index in [1.807, 2.05) is 0 Å². The van der Waals surface area contributed by atoms with E-state index in [0.29, 0.717) is 12.1 Å². The fourth-order valence-electron chi connectivity index (χ4n) is 1.25. The van der Waals surface area contributed by atoms with Crippen molar-refractivity contribution in [1.82, 2.24) is 0 Å². The maximum atomic E-state index is 12.9. The van der Waals surface area contributed by atoms with Gasteiger partial charge < -0.3 is 4.74 Å². The van der Waals surface area contributed by atoms with Crippen molar-refractivity contribution in [2.45, 2.75) is 13.3 Å². The van der Waals surface area contributed by atoms with Crippen LogP contribution in [0.3, 0.4) is 0 Å². The lowest BCUT2D eigenvalue weighted by molar-refractivity contribution is -0.153. The molecule has 0 heterocycles. The van der Waals surface area contributed by atoms with Crippen LogP contribution in [-0.2, 0) is 14.3 Å². The number of ether oxygens (including phenoxy) is 1. The van der Waals surface area contributed by atoms with E-state index in [4.69, 9.17) is 0 Å². The van der Waals surface area contributed by atoms with Gasteiger partial charge in [-0.3, -0.25) is 9.59 Å². The van der Waals surface area contributed by atoms with Gasteiger partial charge in [-0.2, -0.15) is 0 Å². The molecule has 4 nitrogen and oxygen atoms in total. The number of ketones is 2. The number of Topliss-reactive ketones (excluding diaryl/α,β-unsaturated/α-hetero) is 2. The zero-order valence-corrected chi connectivity index (χ0v) is 9.84. The molecule has 0 unspecified atom stereocenters. The molecule has 0 aromatic heterocycles. The molecule has 7 heteroatoms. The van der Waals surface area contributed by atoms with Crippen LogP contribution in [0.15, 0.2) is 12.1 Å². The molecule has 102 valence electrons. The molecule has 0 spiro atoms. The average Bonchev–Trinajstić information content (AvgIpc) is 2.35. The zero-order chi connectivity index (χ0) is 14.6. The lowest BCUT2D eigenvalue weighted by Crippen LogP contribution is -2.20. The number of carbonyl (C=O) groups is 3. The van der Waals surface area contributed by atoms with E-state index in [0.717, 1.165) is 0 Å². The van der Waals surface area contributed by atoms with Gasteiger partial charge in [0.1, 0.15) is 0 Å². The average molecular weight is 274 g/mol. The SMILES string of the molecule is CCOC(=O)C(=O)CC(=O)c1cc(F)c(F)c(F)c1. The molecule has 0 saturated heterocycles. The molecule has 0 aliphatic heterocycles. The zero-order valence-electron chi connectivity index (χ0n) is 9.84. The number of halogens is 3. The van der Waals surface area contributed by atoms with Gasteiger partial charge in [-0.15, -0.1) is 0 Å². The van der Waals surface area contributed by atoms with Crippen LogP contribution >= 0.6 is 0 Å². The first-order valence-electron chi connectivity index (χ1n) is 5.24. The Kier molecular flexibility index (Phi) is 4.80. The third-order valence-electron chi connectivity index (χ3n) is 2.13. The smallest absolute Gasteiger partial charge is 0.375 e. The Morgan fingerprint density at radius 2 is 1.63 bits per heavy atom. The minimum Gasteiger partial charge on any atom is -0.460 e. The van der Waals surface area contributed by atoms with Crippen molar-refractivity contribution in [3.05, 3.63) is 35.1 Å². The maximum Gasteiger partial charge on any atom is 0.375 e. The number of carbonyl (C=O) groups excluding carboxylic acids is 3. The molecule has 0 N–H and O–H groups in total. The number of hydrogen-bond donors (Lipinski definition) is 0. The lowest BCUT2D eigenvalue weighted by Gasteiger charge is -2.03. The predicted octanol–water partition coefficient (Wildman–Crippen LogP) is 1.81. The second-order valence-corrected chi connectivity index (χ2v) is 3.50. The highest BCUT2D eigenvalue weighted by molar-refractivity contribution is 6.38. The van der Waals surface area contributed by atoms with Crippen molar-refractivity contribution in [1.29, 1.82) is 0 Å². The standard InChI is InChI=1S/C12H9F3O4/c1-2-19-12(18)10(17)5-9(16)6-3-7(13)11(15)8(14)4-6/h3-4H,2,5H2,1H3. The summed E-state index contributed by atoms with van der Waals surface area (Å²) in [5.41, 5.74) is -0.533. The highest BCUT2D eigenvalue weighted by atomic mass is 19.2. The molecule has 0 bridgehead atoms. The summed E-state index contributed by atoms with van der Waals surface area (Å²) in [5.74, 6) is -8.17. The molecule has 1 aromatic carbocycles. The van der Waals surface area contributed by atoms with E-state index in [9.17, 15) is 27.6 Å². The van der Waals surface area contributed by atoms with Gasteiger partial charge in [0.05, 0.1) is 13.0 Å². The molecule has 1 rings (SSSR count).